The quantitative estimate of drug-likeness (QED) is 0.308. The summed E-state index contributed by atoms with van der Waals surface area (Å²) in [6.07, 6.45) is 0. The van der Waals surface area contributed by atoms with E-state index in [0.29, 0.717) is 0 Å². The van der Waals surface area contributed by atoms with E-state index in [-0.39, 0.29) is 37.9 Å². The van der Waals surface area contributed by atoms with Crippen molar-refractivity contribution < 1.29 is 32.7 Å². The molecule has 6 heavy (non-hydrogen) atoms. The molecule has 0 unspecified atom stereocenters. The van der Waals surface area contributed by atoms with E-state index in [1.165, 1.54) is 0 Å². The van der Waals surface area contributed by atoms with Gasteiger partial charge in [0.25, 0.3) is 0 Å². The maximum Gasteiger partial charge on any atom is 3.00 e. The van der Waals surface area contributed by atoms with Gasteiger partial charge in [0.1, 0.15) is 0 Å². The van der Waals surface area contributed by atoms with Gasteiger partial charge in [-0.05, 0) is 5.17 Å². The summed E-state index contributed by atoms with van der Waals surface area (Å²) in [4.78, 5) is 3.40. The van der Waals surface area contributed by atoms with Gasteiger partial charge >= 0.3 is 32.7 Å². The van der Waals surface area contributed by atoms with Crippen molar-refractivity contribution >= 4 is 17.8 Å². The van der Waals surface area contributed by atoms with Crippen molar-refractivity contribution in [2.45, 2.75) is 0 Å². The predicted molar refractivity (Wildman–Crippen MR) is 24.9 cm³/mol. The molecule has 0 spiro atoms. The normalized spacial score (nSPS) is 9.83. The number of hydrogen-bond acceptors (Lipinski definition) is 2. The van der Waals surface area contributed by atoms with Gasteiger partial charge in [-0.1, -0.05) is 0 Å². The molecule has 0 atom stereocenters. The molecule has 0 aliphatic rings. The van der Waals surface area contributed by atoms with Gasteiger partial charge < -0.3 is 23.4 Å². The van der Waals surface area contributed by atoms with Crippen LogP contribution in [0.2, 0.25) is 0 Å². The van der Waals surface area contributed by atoms with E-state index in [0.717, 1.165) is 0 Å². The van der Waals surface area contributed by atoms with Crippen molar-refractivity contribution in [1.82, 2.24) is 0 Å². The minimum absolute atomic E-state index is 0. The molecule has 30 valence electrons. The number of nitrogens with zero attached hydrogens (tertiary/aromatic N) is 1. The minimum Gasteiger partial charge on any atom is -0.743 e. The zero-order valence-corrected chi connectivity index (χ0v) is 7.16. The molecule has 2 N–H and O–H groups in total. The van der Waals surface area contributed by atoms with Crippen LogP contribution in [0.3, 0.4) is 0 Å². The van der Waals surface area contributed by atoms with Gasteiger partial charge in [0.15, 0.2) is 0 Å². The molecule has 0 aromatic heterocycles. The first-order valence-corrected chi connectivity index (χ1v) is 1.57. The molecule has 0 fully saturated rings. The van der Waals surface area contributed by atoms with Crippen molar-refractivity contribution in [3.05, 3.63) is 0 Å². The second kappa shape index (κ2) is 5.79. The van der Waals surface area contributed by atoms with Gasteiger partial charge in [0.2, 0.25) is 0 Å². The van der Waals surface area contributed by atoms with Gasteiger partial charge in [-0.15, -0.1) is 0 Å². The molecule has 0 aliphatic carbocycles. The topological polar surface area (TPSA) is 38.4 Å². The number of amidine groups is 1. The molecule has 4 heteroatoms. The van der Waals surface area contributed by atoms with Crippen LogP contribution >= 0.6 is 0 Å². The van der Waals surface area contributed by atoms with E-state index in [1.807, 2.05) is 0 Å². The summed E-state index contributed by atoms with van der Waals surface area (Å²) in [7, 11) is 1.56. The average Bonchev–Trinajstić information content (AvgIpc) is 1.38. The summed E-state index contributed by atoms with van der Waals surface area (Å²) in [5.41, 5.74) is 4.86. The monoisotopic (exact) mass is 178 g/mol. The Kier molecular flexibility index (Phi) is 9.58. The third-order valence-electron chi connectivity index (χ3n) is 0.220. The van der Waals surface area contributed by atoms with Crippen molar-refractivity contribution in [2.75, 3.05) is 7.05 Å². The fourth-order valence-electron chi connectivity index (χ4n) is 0. The second-order valence-corrected chi connectivity index (χ2v) is 0.980. The molecule has 0 amide bonds. The molecular formula is C2H5N2SY+2. The van der Waals surface area contributed by atoms with Crippen LogP contribution in [0, 0.1) is 0 Å². The van der Waals surface area contributed by atoms with Crippen molar-refractivity contribution in [3.63, 3.8) is 0 Å². The molecule has 0 saturated carbocycles. The van der Waals surface area contributed by atoms with Crippen LogP contribution in [0.25, 0.3) is 0 Å². The molecule has 0 bridgehead atoms. The summed E-state index contributed by atoms with van der Waals surface area (Å²) in [5, 5.41) is 0.213. The molecule has 0 aliphatic heterocycles. The minimum atomic E-state index is 0. The van der Waals surface area contributed by atoms with E-state index in [2.05, 4.69) is 17.6 Å². The maximum absolute atomic E-state index is 4.86. The summed E-state index contributed by atoms with van der Waals surface area (Å²) in [6, 6.07) is 0. The number of aliphatic imine (C=N–C) groups is 1. The van der Waals surface area contributed by atoms with Crippen LogP contribution in [0.5, 0.6) is 0 Å². The van der Waals surface area contributed by atoms with E-state index in [9.17, 15) is 0 Å². The average molecular weight is 178 g/mol. The summed E-state index contributed by atoms with van der Waals surface area (Å²) in [6.45, 7) is 0. The summed E-state index contributed by atoms with van der Waals surface area (Å²) < 4.78 is 0. The molecule has 0 heterocycles. The molecule has 0 rings (SSSR count). The second-order valence-electron chi connectivity index (χ2n) is 0.562. The van der Waals surface area contributed by atoms with Gasteiger partial charge in [-0.2, -0.15) is 0 Å². The van der Waals surface area contributed by atoms with Crippen LogP contribution in [0.1, 0.15) is 0 Å². The molecule has 0 aromatic rings. The molecule has 0 radical (unpaired) electrons. The van der Waals surface area contributed by atoms with Crippen molar-refractivity contribution in [1.29, 1.82) is 0 Å². The third-order valence-corrected chi connectivity index (χ3v) is 0.403. The van der Waals surface area contributed by atoms with Crippen molar-refractivity contribution in [2.24, 2.45) is 10.7 Å². The Morgan fingerprint density at radius 3 is 2.00 bits per heavy atom. The fraction of sp³-hybridized carbons (Fsp3) is 0.500. The standard InChI is InChI=1S/C2H6N2S.Y/c1-4-2(3)5;/h1H3,(H3,3,4,5);/q;+3/p-1. The smallest absolute Gasteiger partial charge is 0.743 e. The molecular weight excluding hydrogens is 173 g/mol. The van der Waals surface area contributed by atoms with Crippen LogP contribution in [0.4, 0.5) is 0 Å². The van der Waals surface area contributed by atoms with Gasteiger partial charge in [0, 0.05) is 7.05 Å². The fourth-order valence-corrected chi connectivity index (χ4v) is 0. The van der Waals surface area contributed by atoms with Gasteiger partial charge in [-0.25, -0.2) is 0 Å². The SMILES string of the molecule is CN=C(N)[S-].[Y+3]. The van der Waals surface area contributed by atoms with E-state index >= 15 is 0 Å². The molecule has 0 saturated heterocycles. The zero-order chi connectivity index (χ0) is 4.28. The molecule has 2 nitrogen and oxygen atoms in total. The number of nitrogens with two attached hydrogens (primary N) is 1. The van der Waals surface area contributed by atoms with Crippen LogP contribution in [-0.2, 0) is 45.3 Å². The van der Waals surface area contributed by atoms with Crippen molar-refractivity contribution in [3.8, 4) is 0 Å². The Bertz CT molecular complexity index is 49.5. The largest absolute Gasteiger partial charge is 3.00 e. The Labute approximate surface area is 67.9 Å². The van der Waals surface area contributed by atoms with Crippen LogP contribution in [0.15, 0.2) is 4.99 Å². The molecule has 0 aromatic carbocycles. The zero-order valence-electron chi connectivity index (χ0n) is 3.51. The summed E-state index contributed by atoms with van der Waals surface area (Å²) >= 11 is 4.31. The Hall–Kier alpha value is 0.794. The van der Waals surface area contributed by atoms with E-state index in [1.54, 1.807) is 7.05 Å². The van der Waals surface area contributed by atoms with Crippen LogP contribution in [-0.4, -0.2) is 12.2 Å². The number of hydrogen-bond donors (Lipinski definition) is 1. The first-order valence-electron chi connectivity index (χ1n) is 1.16. The predicted octanol–water partition coefficient (Wildman–Crippen LogP) is -0.525. The third kappa shape index (κ3) is 8.84. The Morgan fingerprint density at radius 2 is 2.00 bits per heavy atom. The number of rotatable bonds is 0. The first-order chi connectivity index (χ1) is 2.27. The Balaban J connectivity index is 0. The van der Waals surface area contributed by atoms with Gasteiger partial charge in [0.05, 0.1) is 0 Å². The van der Waals surface area contributed by atoms with Crippen LogP contribution < -0.4 is 5.73 Å². The van der Waals surface area contributed by atoms with E-state index < -0.39 is 0 Å². The Morgan fingerprint density at radius 1 is 1.83 bits per heavy atom. The summed E-state index contributed by atoms with van der Waals surface area (Å²) in [5.74, 6) is 0. The maximum atomic E-state index is 4.86. The van der Waals surface area contributed by atoms with Gasteiger partial charge in [-0.3, -0.25) is 0 Å². The first kappa shape index (κ1) is 9.92. The van der Waals surface area contributed by atoms with E-state index in [4.69, 9.17) is 5.73 Å².